The molecule has 1 heterocycles. The second-order valence-corrected chi connectivity index (χ2v) is 4.85. The molecule has 7 heteroatoms. The highest BCUT2D eigenvalue weighted by Crippen LogP contribution is 2.06. The van der Waals surface area contributed by atoms with Crippen molar-refractivity contribution in [3.8, 4) is 5.88 Å². The molecule has 0 unspecified atom stereocenters. The lowest BCUT2D eigenvalue weighted by molar-refractivity contribution is 0.396. The van der Waals surface area contributed by atoms with Crippen LogP contribution in [0.3, 0.4) is 0 Å². The van der Waals surface area contributed by atoms with Crippen molar-refractivity contribution < 1.29 is 9.13 Å². The highest BCUT2D eigenvalue weighted by Gasteiger charge is 2.01. The molecule has 0 saturated heterocycles. The number of aliphatic imine (C=N–C) groups is 1. The highest BCUT2D eigenvalue weighted by molar-refractivity contribution is 14.0. The highest BCUT2D eigenvalue weighted by atomic mass is 127. The normalized spacial score (nSPS) is 10.7. The summed E-state index contributed by atoms with van der Waals surface area (Å²) in [7, 11) is 1.59. The van der Waals surface area contributed by atoms with Gasteiger partial charge in [0.1, 0.15) is 5.82 Å². The Hall–Kier alpha value is -1.90. The minimum atomic E-state index is -0.244. The zero-order chi connectivity index (χ0) is 16.5. The fraction of sp³-hybridized carbons (Fsp3) is 0.294. The van der Waals surface area contributed by atoms with E-state index in [-0.39, 0.29) is 29.8 Å². The first-order valence-electron chi connectivity index (χ1n) is 7.48. The summed E-state index contributed by atoms with van der Waals surface area (Å²) in [6.07, 6.45) is 0. The van der Waals surface area contributed by atoms with Gasteiger partial charge in [0.15, 0.2) is 5.96 Å². The predicted octanol–water partition coefficient (Wildman–Crippen LogP) is 3.10. The van der Waals surface area contributed by atoms with Gasteiger partial charge in [0.25, 0.3) is 0 Å². The van der Waals surface area contributed by atoms with Gasteiger partial charge in [-0.05, 0) is 30.7 Å². The van der Waals surface area contributed by atoms with Crippen LogP contribution in [0.25, 0.3) is 0 Å². The van der Waals surface area contributed by atoms with Crippen LogP contribution in [0.2, 0.25) is 0 Å². The zero-order valence-corrected chi connectivity index (χ0v) is 16.1. The Kier molecular flexibility index (Phi) is 9.06. The molecule has 2 N–H and O–H groups in total. The van der Waals surface area contributed by atoms with Gasteiger partial charge in [-0.2, -0.15) is 0 Å². The molecule has 2 rings (SSSR count). The van der Waals surface area contributed by atoms with E-state index in [1.165, 1.54) is 12.1 Å². The SMILES string of the molecule is CCNC(=NCc1ccc(F)cc1)NCc1cccc(OC)n1.I. The molecule has 0 fully saturated rings. The first-order valence-corrected chi connectivity index (χ1v) is 7.48. The number of pyridine rings is 1. The minimum Gasteiger partial charge on any atom is -0.481 e. The fourth-order valence-electron chi connectivity index (χ4n) is 1.95. The number of aromatic nitrogens is 1. The molecule has 130 valence electrons. The van der Waals surface area contributed by atoms with Crippen molar-refractivity contribution in [1.82, 2.24) is 15.6 Å². The van der Waals surface area contributed by atoms with E-state index in [2.05, 4.69) is 20.6 Å². The molecule has 2 aromatic rings. The van der Waals surface area contributed by atoms with E-state index >= 15 is 0 Å². The molecule has 0 radical (unpaired) electrons. The largest absolute Gasteiger partial charge is 0.481 e. The lowest BCUT2D eigenvalue weighted by Gasteiger charge is -2.11. The molecule has 0 aliphatic rings. The Bertz CT molecular complexity index is 649. The molecule has 5 nitrogen and oxygen atoms in total. The van der Waals surface area contributed by atoms with Crippen molar-refractivity contribution in [2.45, 2.75) is 20.0 Å². The van der Waals surface area contributed by atoms with Gasteiger partial charge in [-0.3, -0.25) is 0 Å². The third-order valence-electron chi connectivity index (χ3n) is 3.10. The third-order valence-corrected chi connectivity index (χ3v) is 3.10. The Labute approximate surface area is 158 Å². The van der Waals surface area contributed by atoms with Crippen molar-refractivity contribution in [2.24, 2.45) is 4.99 Å². The van der Waals surface area contributed by atoms with Crippen molar-refractivity contribution in [3.05, 3.63) is 59.5 Å². The van der Waals surface area contributed by atoms with Gasteiger partial charge >= 0.3 is 0 Å². The number of nitrogens with zero attached hydrogens (tertiary/aromatic N) is 2. The fourth-order valence-corrected chi connectivity index (χ4v) is 1.95. The van der Waals surface area contributed by atoms with E-state index in [0.717, 1.165) is 17.8 Å². The molecule has 0 bridgehead atoms. The van der Waals surface area contributed by atoms with Gasteiger partial charge in [-0.1, -0.05) is 18.2 Å². The van der Waals surface area contributed by atoms with E-state index < -0.39 is 0 Å². The number of nitrogens with one attached hydrogen (secondary N) is 2. The van der Waals surface area contributed by atoms with E-state index in [0.29, 0.717) is 24.9 Å². The topological polar surface area (TPSA) is 58.5 Å². The number of rotatable bonds is 6. The summed E-state index contributed by atoms with van der Waals surface area (Å²) >= 11 is 0. The predicted molar refractivity (Wildman–Crippen MR) is 104 cm³/mol. The van der Waals surface area contributed by atoms with Gasteiger partial charge in [-0.15, -0.1) is 24.0 Å². The molecule has 0 saturated carbocycles. The van der Waals surface area contributed by atoms with Gasteiger partial charge in [0.2, 0.25) is 5.88 Å². The van der Waals surface area contributed by atoms with Gasteiger partial charge < -0.3 is 15.4 Å². The summed E-state index contributed by atoms with van der Waals surface area (Å²) in [4.78, 5) is 8.83. The van der Waals surface area contributed by atoms with Crippen molar-refractivity contribution >= 4 is 29.9 Å². The van der Waals surface area contributed by atoms with Crippen LogP contribution in [0, 0.1) is 5.82 Å². The lowest BCUT2D eigenvalue weighted by atomic mass is 10.2. The molecule has 0 amide bonds. The van der Waals surface area contributed by atoms with Crippen LogP contribution in [-0.4, -0.2) is 24.6 Å². The molecular weight excluding hydrogens is 422 g/mol. The first kappa shape index (κ1) is 20.1. The molecule has 24 heavy (non-hydrogen) atoms. The number of guanidine groups is 1. The number of methoxy groups -OCH3 is 1. The van der Waals surface area contributed by atoms with Crippen LogP contribution < -0.4 is 15.4 Å². The third kappa shape index (κ3) is 6.69. The van der Waals surface area contributed by atoms with Crippen molar-refractivity contribution in [2.75, 3.05) is 13.7 Å². The number of hydrogen-bond donors (Lipinski definition) is 2. The van der Waals surface area contributed by atoms with Crippen LogP contribution in [0.15, 0.2) is 47.5 Å². The summed E-state index contributed by atoms with van der Waals surface area (Å²) < 4.78 is 18.0. The molecule has 1 aromatic carbocycles. The van der Waals surface area contributed by atoms with Gasteiger partial charge in [0.05, 0.1) is 25.9 Å². The second kappa shape index (κ2) is 10.8. The minimum absolute atomic E-state index is 0. The van der Waals surface area contributed by atoms with E-state index in [9.17, 15) is 4.39 Å². The number of hydrogen-bond acceptors (Lipinski definition) is 3. The zero-order valence-electron chi connectivity index (χ0n) is 13.8. The average Bonchev–Trinajstić information content (AvgIpc) is 2.59. The van der Waals surface area contributed by atoms with Crippen LogP contribution in [-0.2, 0) is 13.1 Å². The Morgan fingerprint density at radius 1 is 1.17 bits per heavy atom. The van der Waals surface area contributed by atoms with Crippen LogP contribution in [0.5, 0.6) is 5.88 Å². The second-order valence-electron chi connectivity index (χ2n) is 4.85. The van der Waals surface area contributed by atoms with Crippen LogP contribution in [0.4, 0.5) is 4.39 Å². The van der Waals surface area contributed by atoms with Crippen molar-refractivity contribution in [3.63, 3.8) is 0 Å². The Morgan fingerprint density at radius 3 is 2.58 bits per heavy atom. The molecular formula is C17H22FIN4O. The van der Waals surface area contributed by atoms with E-state index in [1.807, 2.05) is 19.1 Å². The average molecular weight is 444 g/mol. The van der Waals surface area contributed by atoms with Gasteiger partial charge in [-0.25, -0.2) is 14.4 Å². The van der Waals surface area contributed by atoms with E-state index in [4.69, 9.17) is 4.74 Å². The molecule has 0 spiro atoms. The monoisotopic (exact) mass is 444 g/mol. The first-order chi connectivity index (χ1) is 11.2. The van der Waals surface area contributed by atoms with Gasteiger partial charge in [0, 0.05) is 12.6 Å². The Balaban J connectivity index is 0.00000288. The number of ether oxygens (including phenoxy) is 1. The quantitative estimate of drug-likeness (QED) is 0.409. The lowest BCUT2D eigenvalue weighted by Crippen LogP contribution is -2.37. The van der Waals surface area contributed by atoms with Crippen molar-refractivity contribution in [1.29, 1.82) is 0 Å². The summed E-state index contributed by atoms with van der Waals surface area (Å²) in [5.74, 6) is 1.02. The molecule has 0 aliphatic carbocycles. The van der Waals surface area contributed by atoms with E-state index in [1.54, 1.807) is 25.3 Å². The van der Waals surface area contributed by atoms with Crippen LogP contribution >= 0.6 is 24.0 Å². The summed E-state index contributed by atoms with van der Waals surface area (Å²) in [6.45, 7) is 3.76. The Morgan fingerprint density at radius 2 is 1.92 bits per heavy atom. The van der Waals surface area contributed by atoms with Crippen LogP contribution in [0.1, 0.15) is 18.2 Å². The number of halogens is 2. The molecule has 0 atom stereocenters. The summed E-state index contributed by atoms with van der Waals surface area (Å²) in [5, 5.41) is 6.39. The maximum absolute atomic E-state index is 12.9. The maximum Gasteiger partial charge on any atom is 0.213 e. The summed E-state index contributed by atoms with van der Waals surface area (Å²) in [6, 6.07) is 11.9. The number of benzene rings is 1. The summed E-state index contributed by atoms with van der Waals surface area (Å²) in [5.41, 5.74) is 1.81. The molecule has 0 aliphatic heterocycles. The molecule has 1 aromatic heterocycles. The standard InChI is InChI=1S/C17H21FN4O.HI/c1-3-19-17(20-11-13-7-9-14(18)10-8-13)21-12-15-5-4-6-16(22-15)23-2;/h4-10H,3,11-12H2,1-2H3,(H2,19,20,21);1H. The maximum atomic E-state index is 12.9. The smallest absolute Gasteiger partial charge is 0.213 e.